The number of ether oxygens (including phenoxy) is 1. The summed E-state index contributed by atoms with van der Waals surface area (Å²) in [7, 11) is -3.81. The minimum absolute atomic E-state index is 0.0348. The molecule has 0 fully saturated rings. The normalized spacial score (nSPS) is 11.5. The van der Waals surface area contributed by atoms with Gasteiger partial charge in [0.1, 0.15) is 11.2 Å². The lowest BCUT2D eigenvalue weighted by Gasteiger charge is -2.13. The van der Waals surface area contributed by atoms with Gasteiger partial charge in [0.15, 0.2) is 0 Å². The molecule has 0 unspecified atom stereocenters. The third-order valence-corrected chi connectivity index (χ3v) is 6.03. The molecule has 29 heavy (non-hydrogen) atoms. The van der Waals surface area contributed by atoms with Crippen molar-refractivity contribution in [1.82, 2.24) is 9.97 Å². The number of halogens is 1. The van der Waals surface area contributed by atoms with E-state index in [0.717, 1.165) is 11.1 Å². The molecule has 2 aromatic carbocycles. The Morgan fingerprint density at radius 3 is 2.34 bits per heavy atom. The molecule has 0 spiro atoms. The number of aryl methyl sites for hydroxylation is 1. The van der Waals surface area contributed by atoms with Gasteiger partial charge in [-0.05, 0) is 52.0 Å². The van der Waals surface area contributed by atoms with Crippen molar-refractivity contribution in [1.29, 1.82) is 0 Å². The Hall–Kier alpha value is -2.45. The summed E-state index contributed by atoms with van der Waals surface area (Å²) >= 11 is 3.25. The first-order valence-electron chi connectivity index (χ1n) is 9.08. The van der Waals surface area contributed by atoms with E-state index in [1.165, 1.54) is 11.8 Å². The van der Waals surface area contributed by atoms with Crippen molar-refractivity contribution < 1.29 is 13.2 Å². The molecule has 1 N–H and O–H groups in total. The van der Waals surface area contributed by atoms with Gasteiger partial charge in [-0.3, -0.25) is 4.72 Å². The van der Waals surface area contributed by atoms with Crippen molar-refractivity contribution in [3.63, 3.8) is 0 Å². The number of rotatable bonds is 7. The number of sulfonamides is 1. The second-order valence-corrected chi connectivity index (χ2v) is 9.44. The van der Waals surface area contributed by atoms with E-state index in [1.807, 2.05) is 19.1 Å². The minimum atomic E-state index is -3.81. The topological polar surface area (TPSA) is 81.2 Å². The highest BCUT2D eigenvalue weighted by atomic mass is 79.9. The molecule has 0 aliphatic carbocycles. The monoisotopic (exact) mass is 475 g/mol. The van der Waals surface area contributed by atoms with Crippen molar-refractivity contribution in [3.8, 4) is 5.88 Å². The van der Waals surface area contributed by atoms with E-state index in [1.54, 1.807) is 24.3 Å². The predicted molar refractivity (Wildman–Crippen MR) is 117 cm³/mol. The molecule has 152 valence electrons. The highest BCUT2D eigenvalue weighted by molar-refractivity contribution is 9.10. The fraction of sp³-hybridized carbons (Fsp3) is 0.238. The van der Waals surface area contributed by atoms with E-state index < -0.39 is 10.0 Å². The van der Waals surface area contributed by atoms with Crippen LogP contribution in [0.15, 0.2) is 64.2 Å². The summed E-state index contributed by atoms with van der Waals surface area (Å²) in [6, 6.07) is 14.6. The molecular weight excluding hydrogens is 454 g/mol. The van der Waals surface area contributed by atoms with E-state index in [-0.39, 0.29) is 23.2 Å². The Kier molecular flexibility index (Phi) is 6.54. The van der Waals surface area contributed by atoms with Crippen molar-refractivity contribution in [2.75, 3.05) is 4.72 Å². The maximum absolute atomic E-state index is 12.7. The van der Waals surface area contributed by atoms with Crippen LogP contribution in [0, 0.1) is 6.92 Å². The standard InChI is InChI=1S/C21H22BrN3O3S/c1-14(2)17-8-6-16(7-9-17)13-28-21-20(23-12-19(22)24-21)25-29(26,27)18-10-4-15(3)5-11-18/h4-12,14H,13H2,1-3H3,(H,23,25). The van der Waals surface area contributed by atoms with Gasteiger partial charge in [0, 0.05) is 0 Å². The number of hydrogen-bond donors (Lipinski definition) is 1. The fourth-order valence-corrected chi connectivity index (χ4v) is 3.85. The zero-order chi connectivity index (χ0) is 21.0. The Labute approximate surface area is 179 Å². The summed E-state index contributed by atoms with van der Waals surface area (Å²) in [5.74, 6) is 0.583. The van der Waals surface area contributed by atoms with Gasteiger partial charge in [-0.2, -0.15) is 0 Å². The summed E-state index contributed by atoms with van der Waals surface area (Å²) in [6.07, 6.45) is 1.41. The number of benzene rings is 2. The summed E-state index contributed by atoms with van der Waals surface area (Å²) in [4.78, 5) is 8.50. The molecule has 0 saturated heterocycles. The maximum Gasteiger partial charge on any atom is 0.263 e. The lowest BCUT2D eigenvalue weighted by atomic mass is 10.0. The van der Waals surface area contributed by atoms with Crippen LogP contribution in [0.1, 0.15) is 36.5 Å². The second kappa shape index (κ2) is 8.92. The van der Waals surface area contributed by atoms with Gasteiger partial charge in [0.2, 0.25) is 5.82 Å². The predicted octanol–water partition coefficient (Wildman–Crippen LogP) is 5.05. The summed E-state index contributed by atoms with van der Waals surface area (Å²) < 4.78 is 34.0. The van der Waals surface area contributed by atoms with Crippen LogP contribution in [-0.2, 0) is 16.6 Å². The Balaban J connectivity index is 1.79. The van der Waals surface area contributed by atoms with E-state index in [0.29, 0.717) is 10.5 Å². The van der Waals surface area contributed by atoms with Crippen LogP contribution in [0.5, 0.6) is 5.88 Å². The average molecular weight is 476 g/mol. The molecule has 1 aromatic heterocycles. The molecule has 1 heterocycles. The lowest BCUT2D eigenvalue weighted by molar-refractivity contribution is 0.294. The Morgan fingerprint density at radius 2 is 1.72 bits per heavy atom. The van der Waals surface area contributed by atoms with Crippen LogP contribution in [0.3, 0.4) is 0 Å². The third-order valence-electron chi connectivity index (χ3n) is 4.30. The lowest BCUT2D eigenvalue weighted by Crippen LogP contribution is -2.15. The SMILES string of the molecule is Cc1ccc(S(=O)(=O)Nc2ncc(Br)nc2OCc2ccc(C(C)C)cc2)cc1. The molecule has 3 aromatic rings. The van der Waals surface area contributed by atoms with E-state index >= 15 is 0 Å². The molecular formula is C21H22BrN3O3S. The van der Waals surface area contributed by atoms with Crippen molar-refractivity contribution >= 4 is 31.8 Å². The number of nitrogens with one attached hydrogen (secondary N) is 1. The molecule has 0 radical (unpaired) electrons. The van der Waals surface area contributed by atoms with Crippen molar-refractivity contribution in [3.05, 3.63) is 76.0 Å². The van der Waals surface area contributed by atoms with Crippen LogP contribution in [0.25, 0.3) is 0 Å². The largest absolute Gasteiger partial charge is 0.470 e. The highest BCUT2D eigenvalue weighted by Gasteiger charge is 2.19. The first kappa shape index (κ1) is 21.3. The van der Waals surface area contributed by atoms with Gasteiger partial charge in [0.25, 0.3) is 15.9 Å². The molecule has 0 amide bonds. The van der Waals surface area contributed by atoms with E-state index in [9.17, 15) is 8.42 Å². The summed E-state index contributed by atoms with van der Waals surface area (Å²) in [5, 5.41) is 0. The quantitative estimate of drug-likeness (QED) is 0.516. The number of aromatic nitrogens is 2. The van der Waals surface area contributed by atoms with Gasteiger partial charge >= 0.3 is 0 Å². The molecule has 0 bridgehead atoms. The van der Waals surface area contributed by atoms with Crippen LogP contribution in [0.4, 0.5) is 5.82 Å². The van der Waals surface area contributed by atoms with Crippen LogP contribution >= 0.6 is 15.9 Å². The number of nitrogens with zero attached hydrogens (tertiary/aromatic N) is 2. The molecule has 0 saturated carbocycles. The van der Waals surface area contributed by atoms with E-state index in [2.05, 4.69) is 56.6 Å². The van der Waals surface area contributed by atoms with Crippen LogP contribution in [-0.4, -0.2) is 18.4 Å². The highest BCUT2D eigenvalue weighted by Crippen LogP contribution is 2.25. The van der Waals surface area contributed by atoms with E-state index in [4.69, 9.17) is 4.74 Å². The van der Waals surface area contributed by atoms with Crippen molar-refractivity contribution in [2.45, 2.75) is 38.2 Å². The smallest absolute Gasteiger partial charge is 0.263 e. The zero-order valence-corrected chi connectivity index (χ0v) is 18.8. The average Bonchev–Trinajstić information content (AvgIpc) is 2.68. The van der Waals surface area contributed by atoms with Crippen LogP contribution in [0.2, 0.25) is 0 Å². The van der Waals surface area contributed by atoms with Gasteiger partial charge in [-0.1, -0.05) is 55.8 Å². The third kappa shape index (κ3) is 5.55. The van der Waals surface area contributed by atoms with Gasteiger partial charge in [0.05, 0.1) is 11.1 Å². The first-order chi connectivity index (χ1) is 13.7. The second-order valence-electron chi connectivity index (χ2n) is 6.95. The van der Waals surface area contributed by atoms with Gasteiger partial charge < -0.3 is 4.74 Å². The Morgan fingerprint density at radius 1 is 1.07 bits per heavy atom. The van der Waals surface area contributed by atoms with Crippen LogP contribution < -0.4 is 9.46 Å². The first-order valence-corrected chi connectivity index (χ1v) is 11.4. The minimum Gasteiger partial charge on any atom is -0.470 e. The number of hydrogen-bond acceptors (Lipinski definition) is 5. The fourth-order valence-electron chi connectivity index (χ4n) is 2.58. The summed E-state index contributed by atoms with van der Waals surface area (Å²) in [6.45, 7) is 6.40. The summed E-state index contributed by atoms with van der Waals surface area (Å²) in [5.41, 5.74) is 3.16. The molecule has 6 nitrogen and oxygen atoms in total. The molecule has 3 rings (SSSR count). The number of anilines is 1. The van der Waals surface area contributed by atoms with Gasteiger partial charge in [-0.15, -0.1) is 0 Å². The molecule has 0 aliphatic heterocycles. The molecule has 0 aliphatic rings. The Bertz CT molecular complexity index is 1080. The van der Waals surface area contributed by atoms with Crippen molar-refractivity contribution in [2.24, 2.45) is 0 Å². The molecule has 8 heteroatoms. The molecule has 0 atom stereocenters. The maximum atomic E-state index is 12.7. The zero-order valence-electron chi connectivity index (χ0n) is 16.4. The van der Waals surface area contributed by atoms with Gasteiger partial charge in [-0.25, -0.2) is 18.4 Å².